The first kappa shape index (κ1) is 17.8. The van der Waals surface area contributed by atoms with Crippen LogP contribution >= 0.6 is 0 Å². The summed E-state index contributed by atoms with van der Waals surface area (Å²) in [6.45, 7) is 7.98. The molecule has 0 aliphatic rings. The predicted octanol–water partition coefficient (Wildman–Crippen LogP) is 2.08. The Hall–Kier alpha value is -0.160. The maximum Gasteiger partial charge on any atom is 0.0701 e. The van der Waals surface area contributed by atoms with E-state index in [1.54, 1.807) is 7.11 Å². The van der Waals surface area contributed by atoms with E-state index < -0.39 is 0 Å². The molecule has 1 N–H and O–H groups in total. The third-order valence-corrected chi connectivity index (χ3v) is 2.81. The van der Waals surface area contributed by atoms with Gasteiger partial charge in [0.2, 0.25) is 0 Å². The van der Waals surface area contributed by atoms with Crippen LogP contribution in [0, 0.1) is 5.92 Å². The molecule has 0 aromatic heterocycles. The molecule has 110 valence electrons. The lowest BCUT2D eigenvalue weighted by Gasteiger charge is -2.18. The van der Waals surface area contributed by atoms with Gasteiger partial charge in [0, 0.05) is 19.8 Å². The Morgan fingerprint density at radius 3 is 2.11 bits per heavy atom. The molecule has 0 spiro atoms. The number of rotatable bonds is 13. The van der Waals surface area contributed by atoms with Gasteiger partial charge in [0.1, 0.15) is 0 Å². The van der Waals surface area contributed by atoms with Crippen molar-refractivity contribution in [3.63, 3.8) is 0 Å². The molecule has 0 aromatic rings. The van der Waals surface area contributed by atoms with E-state index in [0.717, 1.165) is 18.9 Å². The molecule has 0 bridgehead atoms. The third kappa shape index (κ3) is 12.3. The van der Waals surface area contributed by atoms with Gasteiger partial charge < -0.3 is 19.5 Å². The molecule has 4 nitrogen and oxygen atoms in total. The van der Waals surface area contributed by atoms with Crippen molar-refractivity contribution in [2.75, 3.05) is 47.2 Å². The van der Waals surface area contributed by atoms with Crippen LogP contribution < -0.4 is 5.32 Å². The first-order chi connectivity index (χ1) is 8.70. The Labute approximate surface area is 112 Å². The Balaban J connectivity index is 3.23. The summed E-state index contributed by atoms with van der Waals surface area (Å²) in [5, 5.41) is 3.36. The third-order valence-electron chi connectivity index (χ3n) is 2.81. The average molecular weight is 261 g/mol. The second kappa shape index (κ2) is 13.3. The fourth-order valence-corrected chi connectivity index (χ4v) is 1.85. The molecule has 0 fully saturated rings. The molecule has 0 saturated carbocycles. The Morgan fingerprint density at radius 1 is 0.944 bits per heavy atom. The molecule has 1 atom stereocenters. The molecule has 1 unspecified atom stereocenters. The SMILES string of the molecule is CNC(CCCOCCOCCOC)CC(C)C. The summed E-state index contributed by atoms with van der Waals surface area (Å²) in [6, 6.07) is 0.617. The quantitative estimate of drug-likeness (QED) is 0.515. The summed E-state index contributed by atoms with van der Waals surface area (Å²) in [5.41, 5.74) is 0. The van der Waals surface area contributed by atoms with Crippen molar-refractivity contribution in [1.29, 1.82) is 0 Å². The fourth-order valence-electron chi connectivity index (χ4n) is 1.85. The van der Waals surface area contributed by atoms with Crippen molar-refractivity contribution in [1.82, 2.24) is 5.32 Å². The zero-order valence-electron chi connectivity index (χ0n) is 12.5. The van der Waals surface area contributed by atoms with Crippen LogP contribution in [0.1, 0.15) is 33.1 Å². The second-order valence-corrected chi connectivity index (χ2v) is 4.97. The van der Waals surface area contributed by atoms with E-state index in [9.17, 15) is 0 Å². The van der Waals surface area contributed by atoms with Gasteiger partial charge in [0.15, 0.2) is 0 Å². The van der Waals surface area contributed by atoms with Gasteiger partial charge in [0.05, 0.1) is 26.4 Å². The van der Waals surface area contributed by atoms with Gasteiger partial charge in [-0.3, -0.25) is 0 Å². The molecule has 0 saturated heterocycles. The molecule has 0 aromatic carbocycles. The maximum absolute atomic E-state index is 5.52. The summed E-state index contributed by atoms with van der Waals surface area (Å²) in [5.74, 6) is 0.748. The van der Waals surface area contributed by atoms with Gasteiger partial charge in [-0.2, -0.15) is 0 Å². The molecule has 4 heteroatoms. The molecule has 0 radical (unpaired) electrons. The largest absolute Gasteiger partial charge is 0.382 e. The summed E-state index contributed by atoms with van der Waals surface area (Å²) in [6.07, 6.45) is 3.52. The van der Waals surface area contributed by atoms with Crippen LogP contribution in [0.4, 0.5) is 0 Å². The predicted molar refractivity (Wildman–Crippen MR) is 75.1 cm³/mol. The van der Waals surface area contributed by atoms with E-state index in [1.165, 1.54) is 12.8 Å². The van der Waals surface area contributed by atoms with Gasteiger partial charge in [-0.15, -0.1) is 0 Å². The summed E-state index contributed by atoms with van der Waals surface area (Å²) in [7, 11) is 3.72. The Bertz CT molecular complexity index is 165. The number of methoxy groups -OCH3 is 1. The van der Waals surface area contributed by atoms with Crippen LogP contribution in [0.25, 0.3) is 0 Å². The van der Waals surface area contributed by atoms with Gasteiger partial charge >= 0.3 is 0 Å². The molecule has 0 rings (SSSR count). The van der Waals surface area contributed by atoms with Crippen LogP contribution in [0.15, 0.2) is 0 Å². The van der Waals surface area contributed by atoms with Crippen LogP contribution in [-0.2, 0) is 14.2 Å². The van der Waals surface area contributed by atoms with Gasteiger partial charge in [0.25, 0.3) is 0 Å². The highest BCUT2D eigenvalue weighted by Gasteiger charge is 2.07. The van der Waals surface area contributed by atoms with Crippen molar-refractivity contribution >= 4 is 0 Å². The average Bonchev–Trinajstić information content (AvgIpc) is 2.35. The summed E-state index contributed by atoms with van der Waals surface area (Å²) in [4.78, 5) is 0. The standard InChI is InChI=1S/C14H31NO3/c1-13(2)12-14(15-3)6-5-7-17-10-11-18-9-8-16-4/h13-15H,5-12H2,1-4H3. The number of nitrogens with one attached hydrogen (secondary N) is 1. The van der Waals surface area contributed by atoms with Crippen LogP contribution in [0.5, 0.6) is 0 Å². The normalized spacial score (nSPS) is 13.2. The molecular weight excluding hydrogens is 230 g/mol. The van der Waals surface area contributed by atoms with E-state index >= 15 is 0 Å². The number of hydrogen-bond acceptors (Lipinski definition) is 4. The molecule has 0 aliphatic carbocycles. The van der Waals surface area contributed by atoms with Gasteiger partial charge in [-0.25, -0.2) is 0 Å². The fraction of sp³-hybridized carbons (Fsp3) is 1.00. The van der Waals surface area contributed by atoms with Crippen LogP contribution in [-0.4, -0.2) is 53.2 Å². The Kier molecular flexibility index (Phi) is 13.2. The lowest BCUT2D eigenvalue weighted by atomic mass is 10.0. The van der Waals surface area contributed by atoms with E-state index in [0.29, 0.717) is 32.5 Å². The molecule has 0 heterocycles. The highest BCUT2D eigenvalue weighted by atomic mass is 16.5. The summed E-state index contributed by atoms with van der Waals surface area (Å²) >= 11 is 0. The van der Waals surface area contributed by atoms with Gasteiger partial charge in [-0.05, 0) is 32.2 Å². The lowest BCUT2D eigenvalue weighted by molar-refractivity contribution is 0.0236. The first-order valence-electron chi connectivity index (χ1n) is 7.02. The van der Waals surface area contributed by atoms with E-state index in [4.69, 9.17) is 14.2 Å². The first-order valence-corrected chi connectivity index (χ1v) is 7.02. The van der Waals surface area contributed by atoms with Crippen LogP contribution in [0.2, 0.25) is 0 Å². The lowest BCUT2D eigenvalue weighted by Crippen LogP contribution is -2.27. The van der Waals surface area contributed by atoms with Crippen LogP contribution in [0.3, 0.4) is 0 Å². The van der Waals surface area contributed by atoms with E-state index in [1.807, 2.05) is 7.05 Å². The van der Waals surface area contributed by atoms with Crippen molar-refractivity contribution in [3.8, 4) is 0 Å². The highest BCUT2D eigenvalue weighted by molar-refractivity contribution is 4.66. The smallest absolute Gasteiger partial charge is 0.0701 e. The minimum atomic E-state index is 0.617. The molecule has 18 heavy (non-hydrogen) atoms. The highest BCUT2D eigenvalue weighted by Crippen LogP contribution is 2.09. The zero-order valence-corrected chi connectivity index (χ0v) is 12.5. The monoisotopic (exact) mass is 261 g/mol. The Morgan fingerprint density at radius 2 is 1.56 bits per heavy atom. The van der Waals surface area contributed by atoms with E-state index in [-0.39, 0.29) is 0 Å². The minimum absolute atomic E-state index is 0.617. The zero-order chi connectivity index (χ0) is 13.6. The van der Waals surface area contributed by atoms with E-state index in [2.05, 4.69) is 19.2 Å². The second-order valence-electron chi connectivity index (χ2n) is 4.97. The minimum Gasteiger partial charge on any atom is -0.382 e. The number of hydrogen-bond donors (Lipinski definition) is 1. The molecular formula is C14H31NO3. The summed E-state index contributed by atoms with van der Waals surface area (Å²) < 4.78 is 15.7. The van der Waals surface area contributed by atoms with Crippen molar-refractivity contribution in [2.24, 2.45) is 5.92 Å². The van der Waals surface area contributed by atoms with Crippen molar-refractivity contribution < 1.29 is 14.2 Å². The maximum atomic E-state index is 5.52. The van der Waals surface area contributed by atoms with Gasteiger partial charge in [-0.1, -0.05) is 13.8 Å². The molecule has 0 amide bonds. The molecule has 0 aliphatic heterocycles. The van der Waals surface area contributed by atoms with Crippen molar-refractivity contribution in [2.45, 2.75) is 39.2 Å². The topological polar surface area (TPSA) is 39.7 Å². The number of ether oxygens (including phenoxy) is 3. The van der Waals surface area contributed by atoms with Crippen molar-refractivity contribution in [3.05, 3.63) is 0 Å².